The number of ether oxygens (including phenoxy) is 2. The van der Waals surface area contributed by atoms with Crippen molar-refractivity contribution in [3.8, 4) is 11.5 Å². The number of rotatable bonds is 5. The second-order valence-electron chi connectivity index (χ2n) is 5.89. The number of hydrogen-bond donors (Lipinski definition) is 2. The van der Waals surface area contributed by atoms with Gasteiger partial charge in [-0.15, -0.1) is 11.3 Å². The zero-order valence-corrected chi connectivity index (χ0v) is 14.7. The second kappa shape index (κ2) is 7.15. The number of hydrogen-bond acceptors (Lipinski definition) is 6. The van der Waals surface area contributed by atoms with E-state index >= 15 is 0 Å². The minimum Gasteiger partial charge on any atom is -0.454 e. The van der Waals surface area contributed by atoms with E-state index in [1.165, 1.54) is 11.3 Å². The summed E-state index contributed by atoms with van der Waals surface area (Å²) in [6, 6.07) is 15.0. The van der Waals surface area contributed by atoms with Crippen molar-refractivity contribution in [1.29, 1.82) is 0 Å². The first-order valence-corrected chi connectivity index (χ1v) is 9.03. The van der Waals surface area contributed by atoms with Crippen LogP contribution < -0.4 is 20.5 Å². The summed E-state index contributed by atoms with van der Waals surface area (Å²) in [6.45, 7) is 0.196. The van der Waals surface area contributed by atoms with Crippen LogP contribution >= 0.6 is 11.3 Å². The van der Waals surface area contributed by atoms with Crippen molar-refractivity contribution in [3.63, 3.8) is 0 Å². The van der Waals surface area contributed by atoms with Gasteiger partial charge >= 0.3 is 0 Å². The van der Waals surface area contributed by atoms with Crippen LogP contribution in [0.3, 0.4) is 0 Å². The first-order valence-electron chi connectivity index (χ1n) is 8.15. The van der Waals surface area contributed by atoms with E-state index in [0.29, 0.717) is 29.3 Å². The molecule has 2 aromatic carbocycles. The summed E-state index contributed by atoms with van der Waals surface area (Å²) >= 11 is 1.39. The van der Waals surface area contributed by atoms with Crippen molar-refractivity contribution in [2.24, 2.45) is 5.73 Å². The quantitative estimate of drug-likeness (QED) is 0.722. The van der Waals surface area contributed by atoms with Gasteiger partial charge < -0.3 is 20.5 Å². The summed E-state index contributed by atoms with van der Waals surface area (Å²) in [5.41, 5.74) is 8.36. The van der Waals surface area contributed by atoms with E-state index in [9.17, 15) is 4.79 Å². The van der Waals surface area contributed by atoms with Gasteiger partial charge in [-0.25, -0.2) is 4.98 Å². The fourth-order valence-corrected chi connectivity index (χ4v) is 3.49. The number of nitrogens with one attached hydrogen (secondary N) is 1. The molecule has 3 N–H and O–H groups in total. The maximum absolute atomic E-state index is 12.4. The zero-order valence-electron chi connectivity index (χ0n) is 13.8. The van der Waals surface area contributed by atoms with Crippen LogP contribution in [0.4, 0.5) is 5.69 Å². The lowest BCUT2D eigenvalue weighted by molar-refractivity contribution is 0.102. The van der Waals surface area contributed by atoms with Crippen LogP contribution in [0.2, 0.25) is 0 Å². The van der Waals surface area contributed by atoms with Crippen molar-refractivity contribution < 1.29 is 14.3 Å². The molecule has 0 saturated heterocycles. The van der Waals surface area contributed by atoms with Gasteiger partial charge in [-0.05, 0) is 24.1 Å². The van der Waals surface area contributed by atoms with Gasteiger partial charge in [0.1, 0.15) is 10.7 Å². The number of nitrogens with zero attached hydrogens (tertiary/aromatic N) is 1. The highest BCUT2D eigenvalue weighted by Crippen LogP contribution is 2.34. The van der Waals surface area contributed by atoms with Gasteiger partial charge in [0.05, 0.1) is 6.04 Å². The van der Waals surface area contributed by atoms with E-state index in [0.717, 1.165) is 10.6 Å². The molecule has 0 spiro atoms. The first kappa shape index (κ1) is 16.6. The molecule has 0 fully saturated rings. The second-order valence-corrected chi connectivity index (χ2v) is 6.78. The molecular weight excluding hydrogens is 350 g/mol. The van der Waals surface area contributed by atoms with Crippen LogP contribution in [0, 0.1) is 0 Å². The molecule has 0 saturated carbocycles. The van der Waals surface area contributed by atoms with Crippen molar-refractivity contribution in [2.45, 2.75) is 12.5 Å². The molecule has 0 radical (unpaired) electrons. The molecule has 6 nitrogen and oxygen atoms in total. The fourth-order valence-electron chi connectivity index (χ4n) is 2.69. The molecule has 4 rings (SSSR count). The fraction of sp³-hybridized carbons (Fsp3) is 0.158. The SMILES string of the molecule is NC(Cc1ccccc1)c1nc(C(=O)Nc2ccc3c(c2)OCO3)cs1. The Balaban J connectivity index is 1.43. The van der Waals surface area contributed by atoms with Crippen LogP contribution in [-0.2, 0) is 6.42 Å². The lowest BCUT2D eigenvalue weighted by atomic mass is 10.1. The summed E-state index contributed by atoms with van der Waals surface area (Å²) in [5, 5.41) is 5.28. The molecule has 2 heterocycles. The smallest absolute Gasteiger partial charge is 0.275 e. The van der Waals surface area contributed by atoms with Crippen molar-refractivity contribution in [1.82, 2.24) is 4.98 Å². The number of aromatic nitrogens is 1. The molecule has 1 aromatic heterocycles. The molecule has 3 aromatic rings. The highest BCUT2D eigenvalue weighted by molar-refractivity contribution is 7.09. The van der Waals surface area contributed by atoms with Gasteiger partial charge in [0.15, 0.2) is 11.5 Å². The Morgan fingerprint density at radius 3 is 2.85 bits per heavy atom. The summed E-state index contributed by atoms with van der Waals surface area (Å²) in [7, 11) is 0. The van der Waals surface area contributed by atoms with Crippen LogP contribution in [0.5, 0.6) is 11.5 Å². The molecule has 1 amide bonds. The Morgan fingerprint density at radius 1 is 1.19 bits per heavy atom. The number of thiazole rings is 1. The predicted octanol–water partition coefficient (Wildman–Crippen LogP) is 3.37. The van der Waals surface area contributed by atoms with E-state index < -0.39 is 0 Å². The van der Waals surface area contributed by atoms with Gasteiger partial charge in [0.25, 0.3) is 5.91 Å². The summed E-state index contributed by atoms with van der Waals surface area (Å²) in [5.74, 6) is 1.01. The standard InChI is InChI=1S/C19H17N3O3S/c20-14(8-12-4-2-1-3-5-12)19-22-15(10-26-19)18(23)21-13-6-7-16-17(9-13)25-11-24-16/h1-7,9-10,14H,8,11,20H2,(H,21,23). The average molecular weight is 367 g/mol. The minimum absolute atomic E-state index is 0.196. The number of carbonyl (C=O) groups is 1. The van der Waals surface area contributed by atoms with Gasteiger partial charge in [-0.1, -0.05) is 30.3 Å². The number of amides is 1. The largest absolute Gasteiger partial charge is 0.454 e. The van der Waals surface area contributed by atoms with Crippen molar-refractivity contribution in [2.75, 3.05) is 12.1 Å². The normalized spacial score (nSPS) is 13.4. The molecular formula is C19H17N3O3S. The topological polar surface area (TPSA) is 86.5 Å². The molecule has 1 aliphatic heterocycles. The number of anilines is 1. The lowest BCUT2D eigenvalue weighted by Gasteiger charge is -2.08. The first-order chi connectivity index (χ1) is 12.7. The Bertz CT molecular complexity index is 927. The third-order valence-corrected chi connectivity index (χ3v) is 4.98. The maximum atomic E-state index is 12.4. The van der Waals surface area contributed by atoms with Crippen molar-refractivity contribution in [3.05, 3.63) is 70.2 Å². The van der Waals surface area contributed by atoms with Crippen LogP contribution in [0.15, 0.2) is 53.9 Å². The summed E-state index contributed by atoms with van der Waals surface area (Å²) < 4.78 is 10.6. The highest BCUT2D eigenvalue weighted by Gasteiger charge is 2.18. The van der Waals surface area contributed by atoms with E-state index in [2.05, 4.69) is 10.3 Å². The average Bonchev–Trinajstić information content (AvgIpc) is 3.32. The highest BCUT2D eigenvalue weighted by atomic mass is 32.1. The molecule has 1 unspecified atom stereocenters. The molecule has 0 aliphatic carbocycles. The van der Waals surface area contributed by atoms with Crippen molar-refractivity contribution >= 4 is 22.9 Å². The Morgan fingerprint density at radius 2 is 2.00 bits per heavy atom. The molecule has 7 heteroatoms. The minimum atomic E-state index is -0.279. The van der Waals surface area contributed by atoms with Crippen LogP contribution in [-0.4, -0.2) is 17.7 Å². The molecule has 1 aliphatic rings. The number of benzene rings is 2. The van der Waals surface area contributed by atoms with Gasteiger partial charge in [-0.2, -0.15) is 0 Å². The number of carbonyl (C=O) groups excluding carboxylic acids is 1. The van der Waals surface area contributed by atoms with Gasteiger partial charge in [0, 0.05) is 17.1 Å². The predicted molar refractivity (Wildman–Crippen MR) is 99.7 cm³/mol. The van der Waals surface area contributed by atoms with E-state index in [1.807, 2.05) is 30.3 Å². The molecule has 26 heavy (non-hydrogen) atoms. The number of fused-ring (bicyclic) bond motifs is 1. The third-order valence-electron chi connectivity index (χ3n) is 4.00. The Labute approximate surface area is 154 Å². The Hall–Kier alpha value is -2.90. The van der Waals surface area contributed by atoms with E-state index in [1.54, 1.807) is 23.6 Å². The zero-order chi connectivity index (χ0) is 17.9. The number of nitrogens with two attached hydrogens (primary N) is 1. The maximum Gasteiger partial charge on any atom is 0.275 e. The molecule has 132 valence electrons. The van der Waals surface area contributed by atoms with E-state index in [-0.39, 0.29) is 18.7 Å². The van der Waals surface area contributed by atoms with E-state index in [4.69, 9.17) is 15.2 Å². The summed E-state index contributed by atoms with van der Waals surface area (Å²) in [6.07, 6.45) is 0.678. The molecule has 1 atom stereocenters. The van der Waals surface area contributed by atoms with Crippen LogP contribution in [0.1, 0.15) is 27.1 Å². The van der Waals surface area contributed by atoms with Gasteiger partial charge in [-0.3, -0.25) is 4.79 Å². The monoisotopic (exact) mass is 367 g/mol. The third kappa shape index (κ3) is 3.54. The van der Waals surface area contributed by atoms with Crippen LogP contribution in [0.25, 0.3) is 0 Å². The van der Waals surface area contributed by atoms with Gasteiger partial charge in [0.2, 0.25) is 6.79 Å². The summed E-state index contributed by atoms with van der Waals surface area (Å²) in [4.78, 5) is 16.8. The lowest BCUT2D eigenvalue weighted by Crippen LogP contribution is -2.15. The Kier molecular flexibility index (Phi) is 4.55. The molecule has 0 bridgehead atoms.